The number of carbonyl (C=O) groups excluding carboxylic acids is 1. The molecule has 0 saturated heterocycles. The minimum absolute atomic E-state index is 0.0101. The monoisotopic (exact) mass is 332 g/mol. The molecule has 0 saturated carbocycles. The summed E-state index contributed by atoms with van der Waals surface area (Å²) in [5.41, 5.74) is 2.21. The molecule has 0 fully saturated rings. The summed E-state index contributed by atoms with van der Waals surface area (Å²) in [4.78, 5) is 12.2. The van der Waals surface area contributed by atoms with E-state index in [0.29, 0.717) is 11.1 Å². The number of carbonyl (C=O) groups is 1. The van der Waals surface area contributed by atoms with E-state index in [1.807, 2.05) is 41.8 Å². The van der Waals surface area contributed by atoms with Crippen molar-refractivity contribution in [2.24, 2.45) is 0 Å². The average Bonchev–Trinajstić information content (AvgIpc) is 3.08. The Labute approximate surface area is 122 Å². The van der Waals surface area contributed by atoms with Crippen LogP contribution in [0.3, 0.4) is 0 Å². The molecule has 2 aromatic heterocycles. The molecule has 1 aromatic carbocycles. The maximum atomic E-state index is 12.2. The first kappa shape index (κ1) is 12.3. The maximum Gasteiger partial charge on any atom is 0.197 e. The molecule has 3 aromatic rings. The van der Waals surface area contributed by atoms with Gasteiger partial charge in [-0.25, -0.2) is 4.68 Å². The number of benzene rings is 1. The Kier molecular flexibility index (Phi) is 3.31. The zero-order chi connectivity index (χ0) is 13.2. The molecule has 0 bridgehead atoms. The standard InChI is InChI=1S/C14H9BrN2OS/c15-13-6-10(9-19-13)14(18)11-7-16-17(8-11)12-4-2-1-3-5-12/h1-9H. The number of halogens is 1. The highest BCUT2D eigenvalue weighted by Crippen LogP contribution is 2.23. The maximum absolute atomic E-state index is 12.2. The van der Waals surface area contributed by atoms with Crippen LogP contribution in [0.4, 0.5) is 0 Å². The number of thiophene rings is 1. The van der Waals surface area contributed by atoms with Crippen LogP contribution < -0.4 is 0 Å². The molecule has 0 amide bonds. The minimum Gasteiger partial charge on any atom is -0.288 e. The Morgan fingerprint density at radius 1 is 1.21 bits per heavy atom. The van der Waals surface area contributed by atoms with Crippen LogP contribution in [0.5, 0.6) is 0 Å². The molecule has 19 heavy (non-hydrogen) atoms. The topological polar surface area (TPSA) is 34.9 Å². The van der Waals surface area contributed by atoms with Crippen molar-refractivity contribution in [3.05, 3.63) is 69.1 Å². The van der Waals surface area contributed by atoms with E-state index in [0.717, 1.165) is 9.47 Å². The predicted molar refractivity (Wildman–Crippen MR) is 79.0 cm³/mol. The van der Waals surface area contributed by atoms with Crippen molar-refractivity contribution in [3.63, 3.8) is 0 Å². The fourth-order valence-corrected chi connectivity index (χ4v) is 2.89. The molecule has 0 aliphatic heterocycles. The van der Waals surface area contributed by atoms with Crippen molar-refractivity contribution in [3.8, 4) is 5.69 Å². The summed E-state index contributed by atoms with van der Waals surface area (Å²) in [7, 11) is 0. The van der Waals surface area contributed by atoms with E-state index >= 15 is 0 Å². The van der Waals surface area contributed by atoms with Gasteiger partial charge in [0.05, 0.1) is 21.2 Å². The van der Waals surface area contributed by atoms with Gasteiger partial charge in [-0.1, -0.05) is 18.2 Å². The van der Waals surface area contributed by atoms with Crippen molar-refractivity contribution in [1.29, 1.82) is 0 Å². The lowest BCUT2D eigenvalue weighted by Gasteiger charge is -1.98. The minimum atomic E-state index is -0.0101. The third-order valence-electron chi connectivity index (χ3n) is 2.70. The Hall–Kier alpha value is -1.72. The van der Waals surface area contributed by atoms with Crippen molar-refractivity contribution in [1.82, 2.24) is 9.78 Å². The van der Waals surface area contributed by atoms with Crippen molar-refractivity contribution >= 4 is 33.0 Å². The van der Waals surface area contributed by atoms with Crippen LogP contribution in [0.2, 0.25) is 0 Å². The molecular formula is C14H9BrN2OS. The first-order valence-electron chi connectivity index (χ1n) is 5.63. The van der Waals surface area contributed by atoms with Gasteiger partial charge in [-0.05, 0) is 34.1 Å². The van der Waals surface area contributed by atoms with Gasteiger partial charge in [0.15, 0.2) is 5.78 Å². The van der Waals surface area contributed by atoms with Crippen LogP contribution in [0.25, 0.3) is 5.69 Å². The molecule has 0 aliphatic rings. The molecule has 3 rings (SSSR count). The fourth-order valence-electron chi connectivity index (χ4n) is 1.76. The molecule has 2 heterocycles. The van der Waals surface area contributed by atoms with Gasteiger partial charge >= 0.3 is 0 Å². The molecule has 5 heteroatoms. The molecule has 0 N–H and O–H groups in total. The van der Waals surface area contributed by atoms with E-state index in [4.69, 9.17) is 0 Å². The second-order valence-corrected chi connectivity index (χ2v) is 6.27. The van der Waals surface area contributed by atoms with E-state index in [2.05, 4.69) is 21.0 Å². The first-order valence-corrected chi connectivity index (χ1v) is 7.30. The third-order valence-corrected chi connectivity index (χ3v) is 4.20. The molecule has 0 aliphatic carbocycles. The van der Waals surface area contributed by atoms with Crippen LogP contribution in [-0.4, -0.2) is 15.6 Å². The van der Waals surface area contributed by atoms with E-state index in [1.165, 1.54) is 11.3 Å². The normalized spacial score (nSPS) is 10.6. The largest absolute Gasteiger partial charge is 0.288 e. The highest BCUT2D eigenvalue weighted by Gasteiger charge is 2.13. The van der Waals surface area contributed by atoms with Gasteiger partial charge in [-0.15, -0.1) is 11.3 Å². The van der Waals surface area contributed by atoms with Crippen LogP contribution in [-0.2, 0) is 0 Å². The van der Waals surface area contributed by atoms with E-state index in [9.17, 15) is 4.79 Å². The van der Waals surface area contributed by atoms with Gasteiger partial charge in [-0.3, -0.25) is 4.79 Å². The summed E-state index contributed by atoms with van der Waals surface area (Å²) < 4.78 is 2.65. The van der Waals surface area contributed by atoms with Crippen molar-refractivity contribution in [2.75, 3.05) is 0 Å². The Morgan fingerprint density at radius 3 is 2.68 bits per heavy atom. The lowest BCUT2D eigenvalue weighted by atomic mass is 10.1. The summed E-state index contributed by atoms with van der Waals surface area (Å²) in [6.45, 7) is 0. The van der Waals surface area contributed by atoms with Gasteiger partial charge in [-0.2, -0.15) is 5.10 Å². The average molecular weight is 333 g/mol. The Morgan fingerprint density at radius 2 is 2.00 bits per heavy atom. The van der Waals surface area contributed by atoms with Gasteiger partial charge < -0.3 is 0 Å². The van der Waals surface area contributed by atoms with Gasteiger partial charge in [0.1, 0.15) is 0 Å². The van der Waals surface area contributed by atoms with Gasteiger partial charge in [0, 0.05) is 17.1 Å². The summed E-state index contributed by atoms with van der Waals surface area (Å²) >= 11 is 4.86. The number of para-hydroxylation sites is 1. The number of nitrogens with zero attached hydrogens (tertiary/aromatic N) is 2. The fraction of sp³-hybridized carbons (Fsp3) is 0. The zero-order valence-electron chi connectivity index (χ0n) is 9.79. The van der Waals surface area contributed by atoms with Crippen molar-refractivity contribution in [2.45, 2.75) is 0 Å². The van der Waals surface area contributed by atoms with Gasteiger partial charge in [0.25, 0.3) is 0 Å². The quantitative estimate of drug-likeness (QED) is 0.681. The van der Waals surface area contributed by atoms with Crippen LogP contribution in [0, 0.1) is 0 Å². The Balaban J connectivity index is 1.92. The summed E-state index contributed by atoms with van der Waals surface area (Å²) in [5.74, 6) is -0.0101. The number of rotatable bonds is 3. The number of aromatic nitrogens is 2. The lowest BCUT2D eigenvalue weighted by molar-refractivity contribution is 0.103. The second kappa shape index (κ2) is 5.11. The molecule has 0 atom stereocenters. The number of ketones is 1. The molecular weight excluding hydrogens is 324 g/mol. The highest BCUT2D eigenvalue weighted by molar-refractivity contribution is 9.11. The lowest BCUT2D eigenvalue weighted by Crippen LogP contribution is -1.98. The highest BCUT2D eigenvalue weighted by atomic mass is 79.9. The number of hydrogen-bond acceptors (Lipinski definition) is 3. The summed E-state index contributed by atoms with van der Waals surface area (Å²) in [6.07, 6.45) is 3.35. The van der Waals surface area contributed by atoms with E-state index in [1.54, 1.807) is 17.1 Å². The molecule has 0 spiro atoms. The number of hydrogen-bond donors (Lipinski definition) is 0. The predicted octanol–water partition coefficient (Wildman–Crippen LogP) is 3.93. The van der Waals surface area contributed by atoms with Crippen LogP contribution in [0.15, 0.2) is 58.0 Å². The molecule has 0 unspecified atom stereocenters. The zero-order valence-corrected chi connectivity index (χ0v) is 12.2. The summed E-state index contributed by atoms with van der Waals surface area (Å²) in [5, 5.41) is 6.07. The van der Waals surface area contributed by atoms with E-state index in [-0.39, 0.29) is 5.78 Å². The second-order valence-electron chi connectivity index (χ2n) is 3.98. The smallest absolute Gasteiger partial charge is 0.197 e. The SMILES string of the molecule is O=C(c1csc(Br)c1)c1cnn(-c2ccccc2)c1. The van der Waals surface area contributed by atoms with Crippen LogP contribution in [0.1, 0.15) is 15.9 Å². The van der Waals surface area contributed by atoms with Crippen molar-refractivity contribution < 1.29 is 4.79 Å². The summed E-state index contributed by atoms with van der Waals surface area (Å²) in [6, 6.07) is 11.5. The van der Waals surface area contributed by atoms with Gasteiger partial charge in [0.2, 0.25) is 0 Å². The Bertz CT molecular complexity index is 718. The molecule has 3 nitrogen and oxygen atoms in total. The van der Waals surface area contributed by atoms with Crippen LogP contribution >= 0.6 is 27.3 Å². The first-order chi connectivity index (χ1) is 9.24. The molecule has 0 radical (unpaired) electrons. The third kappa shape index (κ3) is 2.52. The molecule has 94 valence electrons. The van der Waals surface area contributed by atoms with E-state index < -0.39 is 0 Å².